The number of benzene rings is 1. The van der Waals surface area contributed by atoms with Gasteiger partial charge in [-0.3, -0.25) is 9.36 Å². The fourth-order valence-corrected chi connectivity index (χ4v) is 2.82. The number of aryl methyl sites for hydroxylation is 2. The van der Waals surface area contributed by atoms with Crippen LogP contribution in [0, 0.1) is 20.8 Å². The molecule has 0 bridgehead atoms. The maximum Gasteiger partial charge on any atom is 0.416 e. The van der Waals surface area contributed by atoms with Crippen molar-refractivity contribution in [3.8, 4) is 11.6 Å². The number of halogens is 3. The van der Waals surface area contributed by atoms with Crippen LogP contribution in [0.4, 0.5) is 13.2 Å². The first-order chi connectivity index (χ1) is 12.7. The summed E-state index contributed by atoms with van der Waals surface area (Å²) in [6, 6.07) is 7.69. The Labute approximate surface area is 153 Å². The van der Waals surface area contributed by atoms with Crippen LogP contribution in [-0.2, 0) is 6.18 Å². The Morgan fingerprint density at radius 1 is 1.15 bits per heavy atom. The van der Waals surface area contributed by atoms with Crippen molar-refractivity contribution in [3.05, 3.63) is 64.7 Å². The zero-order valence-corrected chi connectivity index (χ0v) is 14.9. The zero-order chi connectivity index (χ0) is 19.8. The molecule has 0 spiro atoms. The number of nitrogens with zero attached hydrogens (tertiary/aromatic N) is 2. The van der Waals surface area contributed by atoms with Gasteiger partial charge >= 0.3 is 6.18 Å². The van der Waals surface area contributed by atoms with E-state index in [-0.39, 0.29) is 18.1 Å². The van der Waals surface area contributed by atoms with E-state index in [1.165, 1.54) is 12.1 Å². The van der Waals surface area contributed by atoms with E-state index in [2.05, 4.69) is 5.16 Å². The second-order valence-electron chi connectivity index (χ2n) is 6.15. The predicted octanol–water partition coefficient (Wildman–Crippen LogP) is 4.67. The third-order valence-corrected chi connectivity index (χ3v) is 4.13. The van der Waals surface area contributed by atoms with E-state index in [9.17, 15) is 18.0 Å². The number of aromatic nitrogens is 2. The molecule has 0 aliphatic rings. The summed E-state index contributed by atoms with van der Waals surface area (Å²) in [6.45, 7) is 5.11. The molecule has 142 valence electrons. The molecule has 5 nitrogen and oxygen atoms in total. The Balaban J connectivity index is 1.74. The van der Waals surface area contributed by atoms with Gasteiger partial charge in [0.25, 0.3) is 0 Å². The lowest BCUT2D eigenvalue weighted by molar-refractivity contribution is -0.137. The molecule has 0 aliphatic carbocycles. The third kappa shape index (κ3) is 3.89. The van der Waals surface area contributed by atoms with Gasteiger partial charge in [-0.25, -0.2) is 0 Å². The first-order valence-electron chi connectivity index (χ1n) is 8.12. The number of alkyl halides is 3. The minimum Gasteiger partial charge on any atom is -0.485 e. The quantitative estimate of drug-likeness (QED) is 0.606. The van der Waals surface area contributed by atoms with E-state index in [0.717, 1.165) is 17.8 Å². The number of hydrogen-bond acceptors (Lipinski definition) is 4. The van der Waals surface area contributed by atoms with Crippen LogP contribution in [0.3, 0.4) is 0 Å². The lowest BCUT2D eigenvalue weighted by atomic mass is 10.1. The first kappa shape index (κ1) is 18.8. The summed E-state index contributed by atoms with van der Waals surface area (Å²) in [6.07, 6.45) is -4.41. The average molecular weight is 378 g/mol. The van der Waals surface area contributed by atoms with Gasteiger partial charge in [0.2, 0.25) is 5.78 Å². The number of carbonyl (C=O) groups excluding carboxylic acids is 1. The van der Waals surface area contributed by atoms with Crippen molar-refractivity contribution in [2.75, 3.05) is 6.61 Å². The van der Waals surface area contributed by atoms with Gasteiger partial charge in [-0.15, -0.1) is 0 Å². The molecule has 0 saturated heterocycles. The molecule has 2 aromatic heterocycles. The van der Waals surface area contributed by atoms with Crippen LogP contribution in [0.25, 0.3) is 5.82 Å². The standard InChI is InChI=1S/C19H17F3N2O3/c1-11-8-16(13(3)24(11)18-9-12(2)27-23-18)17(25)10-26-15-6-4-14(5-7-15)19(20,21)22/h4-9H,10H2,1-3H3. The summed E-state index contributed by atoms with van der Waals surface area (Å²) >= 11 is 0. The first-order valence-corrected chi connectivity index (χ1v) is 8.12. The topological polar surface area (TPSA) is 57.3 Å². The van der Waals surface area contributed by atoms with Crippen LogP contribution < -0.4 is 4.74 Å². The summed E-state index contributed by atoms with van der Waals surface area (Å²) in [5, 5.41) is 3.96. The molecule has 0 saturated carbocycles. The van der Waals surface area contributed by atoms with Crippen molar-refractivity contribution >= 4 is 5.78 Å². The van der Waals surface area contributed by atoms with Gasteiger partial charge in [0, 0.05) is 23.0 Å². The Bertz CT molecular complexity index is 969. The van der Waals surface area contributed by atoms with Crippen molar-refractivity contribution in [1.82, 2.24) is 9.72 Å². The molecule has 0 aliphatic heterocycles. The molecule has 0 amide bonds. The van der Waals surface area contributed by atoms with Gasteiger partial charge in [-0.1, -0.05) is 5.16 Å². The van der Waals surface area contributed by atoms with E-state index in [4.69, 9.17) is 9.26 Å². The highest BCUT2D eigenvalue weighted by atomic mass is 19.4. The second-order valence-corrected chi connectivity index (χ2v) is 6.15. The van der Waals surface area contributed by atoms with E-state index >= 15 is 0 Å². The molecule has 3 aromatic rings. The molecule has 0 fully saturated rings. The summed E-state index contributed by atoms with van der Waals surface area (Å²) in [5.41, 5.74) is 1.17. The number of hydrogen-bond donors (Lipinski definition) is 0. The number of carbonyl (C=O) groups is 1. The lowest BCUT2D eigenvalue weighted by Crippen LogP contribution is -2.13. The average Bonchev–Trinajstić information content (AvgIpc) is 3.15. The van der Waals surface area contributed by atoms with Crippen LogP contribution in [0.15, 0.2) is 40.9 Å². The maximum atomic E-state index is 12.6. The summed E-state index contributed by atoms with van der Waals surface area (Å²) < 4.78 is 49.9. The van der Waals surface area contributed by atoms with Crippen molar-refractivity contribution in [1.29, 1.82) is 0 Å². The maximum absolute atomic E-state index is 12.6. The van der Waals surface area contributed by atoms with Crippen LogP contribution in [-0.4, -0.2) is 22.1 Å². The van der Waals surface area contributed by atoms with Gasteiger partial charge in [-0.2, -0.15) is 13.2 Å². The highest BCUT2D eigenvalue weighted by molar-refractivity contribution is 5.98. The largest absolute Gasteiger partial charge is 0.485 e. The van der Waals surface area contributed by atoms with E-state index in [0.29, 0.717) is 22.8 Å². The number of rotatable bonds is 5. The Morgan fingerprint density at radius 2 is 1.81 bits per heavy atom. The molecule has 27 heavy (non-hydrogen) atoms. The SMILES string of the molecule is Cc1cc(-n2c(C)cc(C(=O)COc3ccc(C(F)(F)F)cc3)c2C)no1. The summed E-state index contributed by atoms with van der Waals surface area (Å²) in [5.74, 6) is 1.13. The van der Waals surface area contributed by atoms with Crippen molar-refractivity contribution < 1.29 is 27.2 Å². The van der Waals surface area contributed by atoms with Gasteiger partial charge in [0.15, 0.2) is 12.4 Å². The normalized spacial score (nSPS) is 11.6. The van der Waals surface area contributed by atoms with E-state index in [1.54, 1.807) is 30.5 Å². The molecule has 3 rings (SSSR count). The molecule has 0 radical (unpaired) electrons. The minimum atomic E-state index is -4.41. The van der Waals surface area contributed by atoms with Gasteiger partial charge in [-0.05, 0) is 51.1 Å². The van der Waals surface area contributed by atoms with Crippen LogP contribution in [0.2, 0.25) is 0 Å². The number of ketones is 1. The Hall–Kier alpha value is -3.03. The molecular weight excluding hydrogens is 361 g/mol. The molecule has 0 unspecified atom stereocenters. The summed E-state index contributed by atoms with van der Waals surface area (Å²) in [7, 11) is 0. The number of ether oxygens (including phenoxy) is 1. The van der Waals surface area contributed by atoms with Gasteiger partial charge < -0.3 is 9.26 Å². The van der Waals surface area contributed by atoms with Gasteiger partial charge in [0.05, 0.1) is 5.56 Å². The van der Waals surface area contributed by atoms with Crippen LogP contribution in [0.1, 0.15) is 33.1 Å². The van der Waals surface area contributed by atoms with Gasteiger partial charge in [0.1, 0.15) is 11.5 Å². The third-order valence-electron chi connectivity index (χ3n) is 4.13. The Morgan fingerprint density at radius 3 is 2.37 bits per heavy atom. The molecule has 8 heteroatoms. The van der Waals surface area contributed by atoms with E-state index < -0.39 is 11.7 Å². The lowest BCUT2D eigenvalue weighted by Gasteiger charge is -2.09. The highest BCUT2D eigenvalue weighted by Gasteiger charge is 2.30. The number of Topliss-reactive ketones (excluding diaryl/α,β-unsaturated/α-hetero) is 1. The fourth-order valence-electron chi connectivity index (χ4n) is 2.82. The zero-order valence-electron chi connectivity index (χ0n) is 14.9. The molecule has 1 aromatic carbocycles. The van der Waals surface area contributed by atoms with Crippen molar-refractivity contribution in [2.24, 2.45) is 0 Å². The minimum absolute atomic E-state index is 0.192. The molecule has 0 atom stereocenters. The highest BCUT2D eigenvalue weighted by Crippen LogP contribution is 2.30. The van der Waals surface area contributed by atoms with Crippen LogP contribution >= 0.6 is 0 Å². The smallest absolute Gasteiger partial charge is 0.416 e. The molecule has 0 N–H and O–H groups in total. The monoisotopic (exact) mass is 378 g/mol. The fraction of sp³-hybridized carbons (Fsp3) is 0.263. The van der Waals surface area contributed by atoms with Crippen molar-refractivity contribution in [3.63, 3.8) is 0 Å². The summed E-state index contributed by atoms with van der Waals surface area (Å²) in [4.78, 5) is 12.5. The molecular formula is C19H17F3N2O3. The van der Waals surface area contributed by atoms with Crippen LogP contribution in [0.5, 0.6) is 5.75 Å². The molecule has 2 heterocycles. The predicted molar refractivity (Wildman–Crippen MR) is 91.3 cm³/mol. The van der Waals surface area contributed by atoms with E-state index in [1.807, 2.05) is 6.92 Å². The second kappa shape index (κ2) is 6.94. The van der Waals surface area contributed by atoms with Crippen molar-refractivity contribution in [2.45, 2.75) is 26.9 Å². The Kier molecular flexibility index (Phi) is 4.82.